The van der Waals surface area contributed by atoms with Crippen molar-refractivity contribution in [3.63, 3.8) is 0 Å². The van der Waals surface area contributed by atoms with E-state index in [4.69, 9.17) is 4.42 Å². The van der Waals surface area contributed by atoms with Crippen LogP contribution in [-0.2, 0) is 16.6 Å². The maximum Gasteiger partial charge on any atom is 0.216 e. The molecule has 2 heterocycles. The van der Waals surface area contributed by atoms with Gasteiger partial charge in [-0.15, -0.1) is 0 Å². The molecule has 0 radical (unpaired) electrons. The van der Waals surface area contributed by atoms with Crippen molar-refractivity contribution < 1.29 is 12.8 Å². The molecule has 1 aromatic rings. The molecule has 5 nitrogen and oxygen atoms in total. The number of nitrogens with zero attached hydrogens (tertiary/aromatic N) is 2. The van der Waals surface area contributed by atoms with Crippen LogP contribution < -0.4 is 0 Å². The summed E-state index contributed by atoms with van der Waals surface area (Å²) in [6, 6.07) is 4.51. The first-order chi connectivity index (χ1) is 11.0. The fourth-order valence-corrected chi connectivity index (χ4v) is 6.32. The first-order valence-electron chi connectivity index (χ1n) is 8.73. The van der Waals surface area contributed by atoms with E-state index in [0.29, 0.717) is 24.5 Å². The van der Waals surface area contributed by atoms with E-state index in [1.165, 1.54) is 12.8 Å². The lowest BCUT2D eigenvalue weighted by molar-refractivity contribution is -0.0528. The molecule has 2 aliphatic carbocycles. The van der Waals surface area contributed by atoms with Crippen molar-refractivity contribution in [1.82, 2.24) is 9.21 Å². The van der Waals surface area contributed by atoms with Crippen LogP contribution in [0.5, 0.6) is 0 Å². The lowest BCUT2D eigenvalue weighted by atomic mass is 9.59. The molecule has 0 aromatic carbocycles. The van der Waals surface area contributed by atoms with Crippen molar-refractivity contribution in [2.45, 2.75) is 56.4 Å². The van der Waals surface area contributed by atoms with Gasteiger partial charge < -0.3 is 4.42 Å². The molecule has 1 unspecified atom stereocenters. The molecule has 1 aromatic heterocycles. The van der Waals surface area contributed by atoms with Crippen LogP contribution in [-0.4, -0.2) is 49.1 Å². The summed E-state index contributed by atoms with van der Waals surface area (Å²) in [5.41, 5.74) is 0.316. The Kier molecular flexibility index (Phi) is 3.82. The van der Waals surface area contributed by atoms with Crippen LogP contribution in [0, 0.1) is 5.41 Å². The molecule has 4 rings (SSSR count). The highest BCUT2D eigenvalue weighted by Crippen LogP contribution is 2.52. The van der Waals surface area contributed by atoms with Crippen LogP contribution >= 0.6 is 0 Å². The maximum atomic E-state index is 12.4. The normalized spacial score (nSPS) is 28.2. The Labute approximate surface area is 138 Å². The summed E-state index contributed by atoms with van der Waals surface area (Å²) in [4.78, 5) is 2.40. The lowest BCUT2D eigenvalue weighted by Crippen LogP contribution is -2.58. The molecule has 3 fully saturated rings. The number of hydrogen-bond acceptors (Lipinski definition) is 4. The standard InChI is InChI=1S/C17H26N2O3S/c1-18(13-14-3-2-12-22-14)16-6-7-17(16)8-10-19(11-9-17)23(20,21)15-4-5-15/h2-3,12,15-16H,4-11,13H2,1H3. The number of piperidine rings is 1. The topological polar surface area (TPSA) is 53.8 Å². The quantitative estimate of drug-likeness (QED) is 0.827. The fraction of sp³-hybridized carbons (Fsp3) is 0.765. The van der Waals surface area contributed by atoms with Crippen molar-refractivity contribution in [1.29, 1.82) is 0 Å². The molecule has 1 atom stereocenters. The highest BCUT2D eigenvalue weighted by Gasteiger charge is 2.52. The monoisotopic (exact) mass is 338 g/mol. The fourth-order valence-electron chi connectivity index (χ4n) is 4.47. The molecule has 1 aliphatic heterocycles. The number of sulfonamides is 1. The maximum absolute atomic E-state index is 12.4. The minimum atomic E-state index is -3.00. The summed E-state index contributed by atoms with van der Waals surface area (Å²) in [7, 11) is -0.829. The molecular formula is C17H26N2O3S. The molecule has 3 aliphatic rings. The van der Waals surface area contributed by atoms with Gasteiger partial charge in [0, 0.05) is 19.1 Å². The minimum Gasteiger partial charge on any atom is -0.468 e. The Hall–Kier alpha value is -0.850. The Morgan fingerprint density at radius 1 is 1.26 bits per heavy atom. The van der Waals surface area contributed by atoms with Gasteiger partial charge in [-0.25, -0.2) is 12.7 Å². The summed E-state index contributed by atoms with van der Waals surface area (Å²) in [5.74, 6) is 1.00. The molecule has 1 spiro atoms. The SMILES string of the molecule is CN(Cc1ccco1)C1CCC12CCN(S(=O)(=O)C1CC1)CC2. The van der Waals surface area contributed by atoms with E-state index in [2.05, 4.69) is 11.9 Å². The van der Waals surface area contributed by atoms with E-state index in [9.17, 15) is 8.42 Å². The van der Waals surface area contributed by atoms with E-state index in [-0.39, 0.29) is 5.25 Å². The molecule has 23 heavy (non-hydrogen) atoms. The van der Waals surface area contributed by atoms with Crippen molar-refractivity contribution in [3.05, 3.63) is 24.2 Å². The molecule has 0 N–H and O–H groups in total. The second-order valence-corrected chi connectivity index (χ2v) is 9.77. The summed E-state index contributed by atoms with van der Waals surface area (Å²) in [6.45, 7) is 2.26. The van der Waals surface area contributed by atoms with Gasteiger partial charge in [0.2, 0.25) is 10.0 Å². The predicted molar refractivity (Wildman–Crippen MR) is 88.4 cm³/mol. The van der Waals surface area contributed by atoms with Gasteiger partial charge in [0.05, 0.1) is 18.1 Å². The van der Waals surface area contributed by atoms with Crippen LogP contribution in [0.3, 0.4) is 0 Å². The Morgan fingerprint density at radius 2 is 2.00 bits per heavy atom. The van der Waals surface area contributed by atoms with Crippen LogP contribution in [0.1, 0.15) is 44.3 Å². The smallest absolute Gasteiger partial charge is 0.216 e. The third-order valence-electron chi connectivity index (χ3n) is 6.16. The number of rotatable bonds is 5. The van der Waals surface area contributed by atoms with Crippen LogP contribution in [0.2, 0.25) is 0 Å². The lowest BCUT2D eigenvalue weighted by Gasteiger charge is -2.56. The van der Waals surface area contributed by atoms with E-state index in [0.717, 1.165) is 38.0 Å². The second kappa shape index (κ2) is 5.60. The third kappa shape index (κ3) is 2.75. The Balaban J connectivity index is 1.38. The van der Waals surface area contributed by atoms with E-state index < -0.39 is 10.0 Å². The van der Waals surface area contributed by atoms with Gasteiger partial charge in [0.25, 0.3) is 0 Å². The van der Waals surface area contributed by atoms with Gasteiger partial charge in [-0.3, -0.25) is 4.90 Å². The number of furan rings is 1. The average Bonchev–Trinajstić information content (AvgIpc) is 3.26. The summed E-state index contributed by atoms with van der Waals surface area (Å²) in [5, 5.41) is -0.0737. The van der Waals surface area contributed by atoms with Gasteiger partial charge in [0.1, 0.15) is 5.76 Å². The molecule has 0 bridgehead atoms. The van der Waals surface area contributed by atoms with Crippen LogP contribution in [0.15, 0.2) is 22.8 Å². The summed E-state index contributed by atoms with van der Waals surface area (Å²) in [6.07, 6.45) is 7.90. The van der Waals surface area contributed by atoms with Gasteiger partial charge >= 0.3 is 0 Å². The minimum absolute atomic E-state index is 0.0737. The highest BCUT2D eigenvalue weighted by atomic mass is 32.2. The molecule has 2 saturated carbocycles. The summed E-state index contributed by atoms with van der Waals surface area (Å²) < 4.78 is 32.0. The van der Waals surface area contributed by atoms with E-state index >= 15 is 0 Å². The molecule has 6 heteroatoms. The zero-order valence-electron chi connectivity index (χ0n) is 13.8. The van der Waals surface area contributed by atoms with Crippen LogP contribution in [0.4, 0.5) is 0 Å². The highest BCUT2D eigenvalue weighted by molar-refractivity contribution is 7.90. The summed E-state index contributed by atoms with van der Waals surface area (Å²) >= 11 is 0. The van der Waals surface area contributed by atoms with Crippen molar-refractivity contribution in [2.75, 3.05) is 20.1 Å². The molecule has 0 amide bonds. The van der Waals surface area contributed by atoms with Gasteiger partial charge in [-0.1, -0.05) is 0 Å². The Morgan fingerprint density at radius 3 is 2.52 bits per heavy atom. The molecule has 1 saturated heterocycles. The van der Waals surface area contributed by atoms with E-state index in [1.807, 2.05) is 12.1 Å². The first kappa shape index (κ1) is 15.7. The zero-order chi connectivity index (χ0) is 16.1. The van der Waals surface area contributed by atoms with Gasteiger partial charge in [-0.05, 0) is 63.1 Å². The van der Waals surface area contributed by atoms with Crippen molar-refractivity contribution in [2.24, 2.45) is 5.41 Å². The van der Waals surface area contributed by atoms with E-state index in [1.54, 1.807) is 10.6 Å². The second-order valence-electron chi connectivity index (χ2n) is 7.55. The Bertz CT molecular complexity index is 643. The average molecular weight is 338 g/mol. The third-order valence-corrected chi connectivity index (χ3v) is 8.56. The van der Waals surface area contributed by atoms with Gasteiger partial charge in [0.15, 0.2) is 0 Å². The largest absolute Gasteiger partial charge is 0.468 e. The van der Waals surface area contributed by atoms with Crippen molar-refractivity contribution in [3.8, 4) is 0 Å². The van der Waals surface area contributed by atoms with Crippen molar-refractivity contribution >= 4 is 10.0 Å². The predicted octanol–water partition coefficient (Wildman–Crippen LogP) is 2.45. The zero-order valence-corrected chi connectivity index (χ0v) is 14.6. The van der Waals surface area contributed by atoms with Crippen LogP contribution in [0.25, 0.3) is 0 Å². The number of hydrogen-bond donors (Lipinski definition) is 0. The van der Waals surface area contributed by atoms with Gasteiger partial charge in [-0.2, -0.15) is 0 Å². The first-order valence-corrected chi connectivity index (χ1v) is 10.2. The molecule has 128 valence electrons. The molecular weight excluding hydrogens is 312 g/mol.